The minimum atomic E-state index is -2.49. The quantitative estimate of drug-likeness (QED) is 0.152. The first-order valence-corrected chi connectivity index (χ1v) is 17.8. The summed E-state index contributed by atoms with van der Waals surface area (Å²) in [4.78, 5) is 12.8. The average Bonchev–Trinajstić information content (AvgIpc) is 3.55. The van der Waals surface area contributed by atoms with Gasteiger partial charge in [-0.2, -0.15) is 0 Å². The van der Waals surface area contributed by atoms with Crippen molar-refractivity contribution in [3.05, 3.63) is 94.5 Å². The number of aliphatic hydroxyl groups excluding tert-OH is 2. The van der Waals surface area contributed by atoms with Gasteiger partial charge in [0.25, 0.3) is 0 Å². The Morgan fingerprint density at radius 1 is 0.981 bits per heavy atom. The predicted octanol–water partition coefficient (Wildman–Crippen LogP) is 2.36. The van der Waals surface area contributed by atoms with E-state index >= 15 is 0 Å². The molecule has 6 aliphatic rings. The lowest BCUT2D eigenvalue weighted by atomic mass is 9.74. The molecule has 0 radical (unpaired) electrons. The van der Waals surface area contributed by atoms with Gasteiger partial charge in [-0.05, 0) is 65.6 Å². The summed E-state index contributed by atoms with van der Waals surface area (Å²) >= 11 is 0. The van der Waals surface area contributed by atoms with Gasteiger partial charge in [-0.15, -0.1) is 0 Å². The van der Waals surface area contributed by atoms with E-state index in [2.05, 4.69) is 28.8 Å². The molecule has 0 aromatic heterocycles. The summed E-state index contributed by atoms with van der Waals surface area (Å²) in [7, 11) is 4.62. The molecule has 0 spiro atoms. The van der Waals surface area contributed by atoms with Crippen molar-refractivity contribution in [2.24, 2.45) is 0 Å². The van der Waals surface area contributed by atoms with Gasteiger partial charge in [0.2, 0.25) is 17.6 Å². The van der Waals surface area contributed by atoms with Gasteiger partial charge in [0, 0.05) is 30.2 Å². The zero-order valence-corrected chi connectivity index (χ0v) is 29.6. The minimum Gasteiger partial charge on any atom is -0.508 e. The number of ether oxygens (including phenoxy) is 6. The third-order valence-electron chi connectivity index (χ3n) is 11.6. The van der Waals surface area contributed by atoms with E-state index in [1.165, 1.54) is 7.05 Å². The Balaban J connectivity index is 1.24. The van der Waals surface area contributed by atoms with Gasteiger partial charge < -0.3 is 59.3 Å². The van der Waals surface area contributed by atoms with E-state index in [1.54, 1.807) is 38.5 Å². The molecule has 8 bridgehead atoms. The molecule has 0 saturated carbocycles. The number of rotatable bonds is 6. The Kier molecular flexibility index (Phi) is 8.01. The summed E-state index contributed by atoms with van der Waals surface area (Å²) in [5.74, 6) is 0.142. The first kappa shape index (κ1) is 34.7. The number of hydrogen-bond acceptors (Lipinski definition) is 13. The van der Waals surface area contributed by atoms with Crippen molar-refractivity contribution in [1.82, 2.24) is 10.6 Å². The Bertz CT molecular complexity index is 2180. The number of aromatic hydroxyl groups is 1. The molecule has 9 atom stereocenters. The van der Waals surface area contributed by atoms with Gasteiger partial charge >= 0.3 is 5.97 Å². The van der Waals surface area contributed by atoms with E-state index in [-0.39, 0.29) is 24.0 Å². The standard InChI is InChI=1S/C40H40N2O12/c1-41-29-17-42-40(48)35(44)36(54-39(29,37(40)45)38(46)47)51-22-15-25-24-14-21(43)8-7-20(24)12-18-5-4-6-19(11-18)13-27-30-23-9-10-26(49-2)33(50-3)32(23)53-34(30)31(25)28(16-22)52-27/h4-11,14-16,27,29-30,34-37,41-45,48H,12-13,17H2,1-3H3,(H,46,47). The zero-order valence-electron chi connectivity index (χ0n) is 29.6. The Morgan fingerprint density at radius 3 is 2.56 bits per heavy atom. The summed E-state index contributed by atoms with van der Waals surface area (Å²) in [6.07, 6.45) is -5.78. The molecule has 282 valence electrons. The first-order chi connectivity index (χ1) is 26.0. The fourth-order valence-corrected chi connectivity index (χ4v) is 9.04. The molecule has 10 rings (SSSR count). The molecule has 14 nitrogen and oxygen atoms in total. The molecular formula is C40H40N2O12. The summed E-state index contributed by atoms with van der Waals surface area (Å²) in [6.45, 7) is -0.137. The monoisotopic (exact) mass is 740 g/mol. The van der Waals surface area contributed by atoms with E-state index < -0.39 is 54.0 Å². The van der Waals surface area contributed by atoms with Crippen molar-refractivity contribution in [3.63, 3.8) is 0 Å². The van der Waals surface area contributed by atoms with Crippen LogP contribution in [0, 0.1) is 0 Å². The van der Waals surface area contributed by atoms with Crippen LogP contribution in [0.2, 0.25) is 0 Å². The molecule has 4 aromatic carbocycles. The average molecular weight is 741 g/mol. The number of benzene rings is 4. The summed E-state index contributed by atoms with van der Waals surface area (Å²) in [6, 6.07) is 19.5. The van der Waals surface area contributed by atoms with Gasteiger partial charge in [0.15, 0.2) is 23.3 Å². The topological polar surface area (TPSA) is 198 Å². The van der Waals surface area contributed by atoms with E-state index in [0.29, 0.717) is 52.5 Å². The highest BCUT2D eigenvalue weighted by atomic mass is 16.7. The van der Waals surface area contributed by atoms with Crippen LogP contribution in [0.3, 0.4) is 0 Å². The van der Waals surface area contributed by atoms with E-state index in [4.69, 9.17) is 28.4 Å². The van der Waals surface area contributed by atoms with Gasteiger partial charge in [0.05, 0.1) is 26.2 Å². The fraction of sp³-hybridized carbons (Fsp3) is 0.375. The number of piperidine rings is 1. The van der Waals surface area contributed by atoms with Gasteiger partial charge in [0.1, 0.15) is 35.6 Å². The Labute approximate surface area is 309 Å². The van der Waals surface area contributed by atoms with Crippen molar-refractivity contribution in [1.29, 1.82) is 0 Å². The van der Waals surface area contributed by atoms with Crippen molar-refractivity contribution >= 4 is 5.97 Å². The second-order valence-corrected chi connectivity index (χ2v) is 14.5. The summed E-state index contributed by atoms with van der Waals surface area (Å²) in [5, 5.41) is 61.0. The minimum absolute atomic E-state index is 0.0190. The molecule has 0 amide bonds. The van der Waals surface area contributed by atoms with Gasteiger partial charge in [-0.1, -0.05) is 36.4 Å². The Hall–Kier alpha value is -5.09. The summed E-state index contributed by atoms with van der Waals surface area (Å²) < 4.78 is 37.6. The molecule has 14 heteroatoms. The number of fused-ring (bicyclic) bond motifs is 3. The molecule has 2 fully saturated rings. The molecule has 7 N–H and O–H groups in total. The second kappa shape index (κ2) is 12.5. The number of hydrogen-bond donors (Lipinski definition) is 7. The molecule has 9 unspecified atom stereocenters. The van der Waals surface area contributed by atoms with Crippen LogP contribution < -0.4 is 34.3 Å². The number of likely N-dealkylation sites (N-methyl/N-ethyl adjacent to an activating group) is 1. The highest BCUT2D eigenvalue weighted by Crippen LogP contribution is 2.61. The number of carboxylic acid groups (broad SMARTS) is 1. The lowest BCUT2D eigenvalue weighted by molar-refractivity contribution is -0.362. The van der Waals surface area contributed by atoms with Crippen molar-refractivity contribution < 1.29 is 58.7 Å². The molecular weight excluding hydrogens is 700 g/mol. The number of methoxy groups -OCH3 is 2. The van der Waals surface area contributed by atoms with Crippen LogP contribution in [-0.2, 0) is 22.4 Å². The van der Waals surface area contributed by atoms with Crippen LogP contribution in [0.15, 0.2) is 66.7 Å². The van der Waals surface area contributed by atoms with E-state index in [0.717, 1.165) is 22.3 Å². The molecule has 54 heavy (non-hydrogen) atoms. The van der Waals surface area contributed by atoms with Crippen molar-refractivity contribution in [2.45, 2.75) is 66.8 Å². The van der Waals surface area contributed by atoms with E-state index in [1.807, 2.05) is 24.3 Å². The van der Waals surface area contributed by atoms with Crippen molar-refractivity contribution in [3.8, 4) is 45.6 Å². The maximum atomic E-state index is 12.8. The molecule has 4 aromatic rings. The number of aliphatic carboxylic acids is 1. The summed E-state index contributed by atoms with van der Waals surface area (Å²) in [5.41, 5.74) is 0.890. The SMILES string of the molecule is CNC1CNC2(O)C(O)C(Oc3cc4c5c(c3)-c3cc(O)ccc3Cc3cccc(c3)CC(O4)C3c4ccc(OC)c(OC)c4OC53)OC1(C(=O)O)C2O. The Morgan fingerprint density at radius 2 is 1.80 bits per heavy atom. The second-order valence-electron chi connectivity index (χ2n) is 14.5. The number of phenols is 1. The molecule has 5 aliphatic heterocycles. The third-order valence-corrected chi connectivity index (χ3v) is 11.6. The number of aliphatic hydroxyl groups is 3. The first-order valence-electron chi connectivity index (χ1n) is 17.8. The van der Waals surface area contributed by atoms with Gasteiger partial charge in [-0.3, -0.25) is 5.32 Å². The number of carboxylic acids is 1. The maximum absolute atomic E-state index is 12.8. The number of phenolic OH excluding ortho intramolecular Hbond substituents is 1. The van der Waals surface area contributed by atoms with Crippen LogP contribution in [0.4, 0.5) is 0 Å². The van der Waals surface area contributed by atoms with Crippen LogP contribution in [-0.4, -0.2) is 101 Å². The lowest BCUT2D eigenvalue weighted by Gasteiger charge is -2.58. The smallest absolute Gasteiger partial charge is 0.340 e. The largest absolute Gasteiger partial charge is 0.508 e. The number of carbonyl (C=O) groups is 1. The van der Waals surface area contributed by atoms with Gasteiger partial charge in [-0.25, -0.2) is 4.79 Å². The lowest BCUT2D eigenvalue weighted by Crippen LogP contribution is -2.87. The van der Waals surface area contributed by atoms with Crippen LogP contribution in [0.5, 0.6) is 34.5 Å². The normalized spacial score (nSPS) is 31.3. The van der Waals surface area contributed by atoms with Crippen LogP contribution >= 0.6 is 0 Å². The predicted molar refractivity (Wildman–Crippen MR) is 190 cm³/mol. The van der Waals surface area contributed by atoms with Crippen molar-refractivity contribution in [2.75, 3.05) is 27.8 Å². The molecule has 1 aliphatic carbocycles. The molecule has 5 heterocycles. The van der Waals surface area contributed by atoms with E-state index in [9.17, 15) is 30.3 Å². The molecule has 2 saturated heterocycles. The van der Waals surface area contributed by atoms with Crippen LogP contribution in [0.1, 0.15) is 39.8 Å². The highest BCUT2D eigenvalue weighted by molar-refractivity contribution is 5.81. The number of nitrogens with one attached hydrogen (secondary N) is 2. The maximum Gasteiger partial charge on any atom is 0.340 e. The third kappa shape index (κ3) is 4.91. The van der Waals surface area contributed by atoms with Crippen LogP contribution in [0.25, 0.3) is 11.1 Å². The highest BCUT2D eigenvalue weighted by Gasteiger charge is 2.71. The zero-order chi connectivity index (χ0) is 37.7. The fourth-order valence-electron chi connectivity index (χ4n) is 9.04.